The molecule has 0 aromatic carbocycles. The Bertz CT molecular complexity index is 302. The van der Waals surface area contributed by atoms with E-state index in [0.29, 0.717) is 19.0 Å². The van der Waals surface area contributed by atoms with Crippen LogP contribution in [0.3, 0.4) is 0 Å². The van der Waals surface area contributed by atoms with Gasteiger partial charge in [0.15, 0.2) is 5.76 Å². The summed E-state index contributed by atoms with van der Waals surface area (Å²) in [6.07, 6.45) is 1.22. The molecule has 0 unspecified atom stereocenters. The molecule has 0 atom stereocenters. The summed E-state index contributed by atoms with van der Waals surface area (Å²) < 4.78 is 15.7. The van der Waals surface area contributed by atoms with Gasteiger partial charge in [-0.2, -0.15) is 0 Å². The minimum absolute atomic E-state index is 0.0174. The van der Waals surface area contributed by atoms with Crippen LogP contribution in [-0.4, -0.2) is 29.5 Å². The summed E-state index contributed by atoms with van der Waals surface area (Å²) in [6, 6.07) is 3.61. The smallest absolute Gasteiger partial charge is 0.291 e. The number of ether oxygens (including phenoxy) is 2. The first kappa shape index (κ1) is 12.4. The van der Waals surface area contributed by atoms with Crippen molar-refractivity contribution in [2.45, 2.75) is 12.3 Å². The van der Waals surface area contributed by atoms with Gasteiger partial charge in [0.1, 0.15) is 0 Å². The van der Waals surface area contributed by atoms with Crippen LogP contribution in [0.4, 0.5) is 0 Å². The van der Waals surface area contributed by atoms with Crippen LogP contribution < -0.4 is 5.73 Å². The Morgan fingerprint density at radius 1 is 1.50 bits per heavy atom. The zero-order valence-electron chi connectivity index (χ0n) is 8.31. The van der Waals surface area contributed by atoms with E-state index in [1.807, 2.05) is 6.07 Å². The third-order valence-electron chi connectivity index (χ3n) is 1.70. The van der Waals surface area contributed by atoms with Gasteiger partial charge in [0.05, 0.1) is 25.5 Å². The highest BCUT2D eigenvalue weighted by Gasteiger charge is 2.22. The van der Waals surface area contributed by atoms with E-state index in [1.54, 1.807) is 12.3 Å². The SMILES string of the molecule is NC1COC(c2ccco2)OC1.O=[N+]([O-])O. The molecule has 0 saturated carbocycles. The van der Waals surface area contributed by atoms with Crippen LogP contribution in [0.2, 0.25) is 0 Å². The molecule has 2 heterocycles. The second-order valence-electron chi connectivity index (χ2n) is 3.01. The zero-order chi connectivity index (χ0) is 12.0. The fraction of sp³-hybridized carbons (Fsp3) is 0.500. The van der Waals surface area contributed by atoms with Gasteiger partial charge >= 0.3 is 0 Å². The molecule has 0 bridgehead atoms. The molecule has 16 heavy (non-hydrogen) atoms. The Labute approximate surface area is 90.7 Å². The van der Waals surface area contributed by atoms with Gasteiger partial charge in [-0.15, -0.1) is 10.1 Å². The van der Waals surface area contributed by atoms with Crippen LogP contribution in [0.5, 0.6) is 0 Å². The molecule has 2 rings (SSSR count). The Kier molecular flexibility index (Phi) is 4.70. The summed E-state index contributed by atoms with van der Waals surface area (Å²) in [6.45, 7) is 1.04. The van der Waals surface area contributed by atoms with Gasteiger partial charge < -0.3 is 24.8 Å². The van der Waals surface area contributed by atoms with Crippen LogP contribution in [0.25, 0.3) is 0 Å². The van der Waals surface area contributed by atoms with Gasteiger partial charge in [-0.25, -0.2) is 0 Å². The first-order valence-electron chi connectivity index (χ1n) is 4.45. The van der Waals surface area contributed by atoms with Crippen molar-refractivity contribution in [2.75, 3.05) is 13.2 Å². The van der Waals surface area contributed by atoms with Gasteiger partial charge in [0.2, 0.25) is 6.29 Å². The summed E-state index contributed by atoms with van der Waals surface area (Å²) in [5.74, 6) is 0.696. The van der Waals surface area contributed by atoms with Crippen LogP contribution >= 0.6 is 0 Å². The van der Waals surface area contributed by atoms with Crippen molar-refractivity contribution in [3.8, 4) is 0 Å². The van der Waals surface area contributed by atoms with E-state index in [4.69, 9.17) is 34.9 Å². The standard InChI is InChI=1S/C8H11NO3.HNO3/c9-6-4-11-8(12-5-6)7-2-1-3-10-7;2-1(3)4/h1-3,6,8H,4-5,9H2;(H,2,3,4). The molecule has 1 aliphatic heterocycles. The third kappa shape index (κ3) is 4.26. The Balaban J connectivity index is 0.000000280. The maximum Gasteiger partial charge on any atom is 0.291 e. The average Bonchev–Trinajstić information content (AvgIpc) is 2.71. The first-order valence-corrected chi connectivity index (χ1v) is 4.45. The van der Waals surface area contributed by atoms with Gasteiger partial charge in [-0.1, -0.05) is 0 Å². The van der Waals surface area contributed by atoms with Crippen molar-refractivity contribution in [2.24, 2.45) is 5.73 Å². The quantitative estimate of drug-likeness (QED) is 0.527. The van der Waals surface area contributed by atoms with E-state index in [9.17, 15) is 0 Å². The summed E-state index contributed by atoms with van der Waals surface area (Å²) in [7, 11) is 0. The summed E-state index contributed by atoms with van der Waals surface area (Å²) in [5.41, 5.74) is 5.57. The Morgan fingerprint density at radius 3 is 2.50 bits per heavy atom. The maximum absolute atomic E-state index is 8.36. The highest BCUT2D eigenvalue weighted by Crippen LogP contribution is 2.22. The lowest BCUT2D eigenvalue weighted by Gasteiger charge is -2.25. The van der Waals surface area contributed by atoms with Crippen molar-refractivity contribution < 1.29 is 24.2 Å². The molecular formula is C8H12N2O6. The van der Waals surface area contributed by atoms with Gasteiger partial charge in [-0.3, -0.25) is 0 Å². The fourth-order valence-corrected chi connectivity index (χ4v) is 1.11. The number of hydrogen-bond donors (Lipinski definition) is 2. The minimum Gasteiger partial charge on any atom is -0.464 e. The normalized spacial score (nSPS) is 24.3. The van der Waals surface area contributed by atoms with Gasteiger partial charge in [-0.05, 0) is 12.1 Å². The molecular weight excluding hydrogens is 220 g/mol. The molecule has 1 fully saturated rings. The van der Waals surface area contributed by atoms with Crippen LogP contribution in [-0.2, 0) is 9.47 Å². The molecule has 1 aliphatic rings. The fourth-order valence-electron chi connectivity index (χ4n) is 1.11. The number of hydrogen-bond acceptors (Lipinski definition) is 6. The predicted molar refractivity (Wildman–Crippen MR) is 50.1 cm³/mol. The molecule has 0 aliphatic carbocycles. The van der Waals surface area contributed by atoms with E-state index >= 15 is 0 Å². The number of nitrogens with two attached hydrogens (primary N) is 1. The molecule has 8 nitrogen and oxygen atoms in total. The molecule has 90 valence electrons. The molecule has 1 aromatic heterocycles. The number of rotatable bonds is 1. The maximum atomic E-state index is 8.36. The van der Waals surface area contributed by atoms with Crippen molar-refractivity contribution >= 4 is 0 Å². The Hall–Kier alpha value is -1.64. The van der Waals surface area contributed by atoms with E-state index in [2.05, 4.69) is 0 Å². The van der Waals surface area contributed by atoms with E-state index in [1.165, 1.54) is 0 Å². The summed E-state index contributed by atoms with van der Waals surface area (Å²) in [4.78, 5) is 8.36. The lowest BCUT2D eigenvalue weighted by Crippen LogP contribution is -2.37. The molecule has 0 spiro atoms. The second-order valence-corrected chi connectivity index (χ2v) is 3.01. The lowest BCUT2D eigenvalue weighted by molar-refractivity contribution is -0.742. The highest BCUT2D eigenvalue weighted by molar-refractivity contribution is 5.00. The van der Waals surface area contributed by atoms with E-state index in [0.717, 1.165) is 0 Å². The molecule has 0 amide bonds. The molecule has 8 heteroatoms. The Morgan fingerprint density at radius 2 is 2.06 bits per heavy atom. The highest BCUT2D eigenvalue weighted by atomic mass is 16.9. The predicted octanol–water partition coefficient (Wildman–Crippen LogP) is 0.305. The van der Waals surface area contributed by atoms with E-state index in [-0.39, 0.29) is 12.3 Å². The first-order chi connectivity index (χ1) is 7.59. The largest absolute Gasteiger partial charge is 0.464 e. The molecule has 1 saturated heterocycles. The monoisotopic (exact) mass is 232 g/mol. The van der Waals surface area contributed by atoms with Gasteiger partial charge in [0, 0.05) is 0 Å². The number of furan rings is 1. The topological polar surface area (TPSA) is 121 Å². The van der Waals surface area contributed by atoms with Crippen LogP contribution in [0.1, 0.15) is 12.1 Å². The zero-order valence-corrected chi connectivity index (χ0v) is 8.31. The van der Waals surface area contributed by atoms with Crippen LogP contribution in [0, 0.1) is 10.1 Å². The molecule has 1 aromatic rings. The summed E-state index contributed by atoms with van der Waals surface area (Å²) in [5, 5.41) is 13.6. The van der Waals surface area contributed by atoms with Crippen molar-refractivity contribution in [1.82, 2.24) is 0 Å². The number of nitrogens with zero attached hydrogens (tertiary/aromatic N) is 1. The van der Waals surface area contributed by atoms with Crippen molar-refractivity contribution in [3.63, 3.8) is 0 Å². The molecule has 3 N–H and O–H groups in total. The van der Waals surface area contributed by atoms with Crippen molar-refractivity contribution in [1.29, 1.82) is 0 Å². The minimum atomic E-state index is -1.50. The lowest BCUT2D eigenvalue weighted by atomic mass is 10.3. The van der Waals surface area contributed by atoms with Crippen LogP contribution in [0.15, 0.2) is 22.8 Å². The summed E-state index contributed by atoms with van der Waals surface area (Å²) >= 11 is 0. The van der Waals surface area contributed by atoms with E-state index < -0.39 is 5.09 Å². The molecule has 0 radical (unpaired) electrons. The third-order valence-corrected chi connectivity index (χ3v) is 1.70. The average molecular weight is 232 g/mol. The van der Waals surface area contributed by atoms with Gasteiger partial charge in [0.25, 0.3) is 5.09 Å². The second kappa shape index (κ2) is 6.05. The van der Waals surface area contributed by atoms with Crippen molar-refractivity contribution in [3.05, 3.63) is 34.3 Å².